The molecule has 1 aromatic carbocycles. The first-order valence-corrected chi connectivity index (χ1v) is 8.35. The molecule has 0 spiro atoms. The Labute approximate surface area is 141 Å². The van der Waals surface area contributed by atoms with Gasteiger partial charge >= 0.3 is 0 Å². The van der Waals surface area contributed by atoms with E-state index in [1.807, 2.05) is 0 Å². The summed E-state index contributed by atoms with van der Waals surface area (Å²) in [7, 11) is 0. The minimum absolute atomic E-state index is 0.0585. The van der Waals surface area contributed by atoms with E-state index in [-0.39, 0.29) is 30.1 Å². The number of carbonyl (C=O) groups excluding carboxylic acids is 2. The Morgan fingerprint density at radius 2 is 2.26 bits per heavy atom. The summed E-state index contributed by atoms with van der Waals surface area (Å²) in [6, 6.07) is 7.56. The van der Waals surface area contributed by atoms with E-state index >= 15 is 0 Å². The molecule has 0 saturated carbocycles. The molecule has 1 saturated heterocycles. The number of thiophene rings is 1. The van der Waals surface area contributed by atoms with Crippen molar-refractivity contribution in [1.82, 2.24) is 10.2 Å². The lowest BCUT2D eigenvalue weighted by Crippen LogP contribution is -2.36. The van der Waals surface area contributed by atoms with Crippen molar-refractivity contribution >= 4 is 34.8 Å². The van der Waals surface area contributed by atoms with Gasteiger partial charge in [-0.15, -0.1) is 11.3 Å². The number of likely N-dealkylation sites (tertiary alicyclic amines) is 1. The molecule has 2 amide bonds. The van der Waals surface area contributed by atoms with Crippen LogP contribution in [0.25, 0.3) is 0 Å². The fraction of sp³-hybridized carbons (Fsp3) is 0.250. The Bertz CT molecular complexity index is 749. The summed E-state index contributed by atoms with van der Waals surface area (Å²) < 4.78 is 13.2. The first kappa shape index (κ1) is 16.0. The number of hydrogen-bond acceptors (Lipinski definition) is 3. The van der Waals surface area contributed by atoms with Gasteiger partial charge in [0.1, 0.15) is 10.7 Å². The molecular weight excluding hydrogens is 339 g/mol. The molecule has 1 fully saturated rings. The van der Waals surface area contributed by atoms with Crippen molar-refractivity contribution < 1.29 is 14.0 Å². The molecule has 1 aliphatic heterocycles. The van der Waals surface area contributed by atoms with E-state index in [0.717, 1.165) is 5.56 Å². The monoisotopic (exact) mass is 352 g/mol. The van der Waals surface area contributed by atoms with Gasteiger partial charge in [-0.1, -0.05) is 23.7 Å². The minimum atomic E-state index is -0.327. The van der Waals surface area contributed by atoms with Gasteiger partial charge in [0.15, 0.2) is 0 Å². The number of carbonyl (C=O) groups is 2. The second kappa shape index (κ2) is 6.68. The Hall–Kier alpha value is -1.92. The standard InChI is InChI=1S/C16H14ClFN2O2S/c17-13-4-5-23-15(13)16(22)19-12-7-14(21)20(9-12)8-10-2-1-3-11(18)6-10/h1-6,12H,7-9H2,(H,19,22). The number of nitrogens with zero attached hydrogens (tertiary/aromatic N) is 1. The fourth-order valence-electron chi connectivity index (χ4n) is 2.58. The van der Waals surface area contributed by atoms with Crippen molar-refractivity contribution in [2.75, 3.05) is 6.54 Å². The van der Waals surface area contributed by atoms with E-state index < -0.39 is 0 Å². The molecule has 1 unspecified atom stereocenters. The second-order valence-corrected chi connectivity index (χ2v) is 6.70. The van der Waals surface area contributed by atoms with E-state index in [0.29, 0.717) is 23.0 Å². The van der Waals surface area contributed by atoms with E-state index in [4.69, 9.17) is 11.6 Å². The third-order valence-electron chi connectivity index (χ3n) is 3.64. The molecule has 3 rings (SSSR count). The highest BCUT2D eigenvalue weighted by Gasteiger charge is 2.31. The largest absolute Gasteiger partial charge is 0.346 e. The van der Waals surface area contributed by atoms with Crippen LogP contribution in [0.4, 0.5) is 4.39 Å². The Morgan fingerprint density at radius 1 is 1.43 bits per heavy atom. The summed E-state index contributed by atoms with van der Waals surface area (Å²) in [5, 5.41) is 4.98. The van der Waals surface area contributed by atoms with Gasteiger partial charge < -0.3 is 10.2 Å². The molecule has 1 N–H and O–H groups in total. The van der Waals surface area contributed by atoms with Gasteiger partial charge in [0, 0.05) is 19.5 Å². The van der Waals surface area contributed by atoms with Gasteiger partial charge in [0.05, 0.1) is 11.1 Å². The third-order valence-corrected chi connectivity index (χ3v) is 4.98. The average Bonchev–Trinajstić information content (AvgIpc) is 3.05. The molecule has 0 radical (unpaired) electrons. The minimum Gasteiger partial charge on any atom is -0.346 e. The van der Waals surface area contributed by atoms with Crippen LogP contribution in [-0.2, 0) is 11.3 Å². The number of hydrogen-bond donors (Lipinski definition) is 1. The molecule has 23 heavy (non-hydrogen) atoms. The van der Waals surface area contributed by atoms with Crippen molar-refractivity contribution in [3.63, 3.8) is 0 Å². The van der Waals surface area contributed by atoms with Crippen LogP contribution in [0, 0.1) is 5.82 Å². The predicted octanol–water partition coefficient (Wildman–Crippen LogP) is 3.07. The van der Waals surface area contributed by atoms with Crippen molar-refractivity contribution in [2.45, 2.75) is 19.0 Å². The van der Waals surface area contributed by atoms with Gasteiger partial charge in [-0.2, -0.15) is 0 Å². The molecule has 1 aliphatic rings. The Kier molecular flexibility index (Phi) is 4.63. The summed E-state index contributed by atoms with van der Waals surface area (Å²) in [4.78, 5) is 26.3. The summed E-state index contributed by atoms with van der Waals surface area (Å²) in [6.45, 7) is 0.743. The number of benzene rings is 1. The molecule has 0 bridgehead atoms. The molecule has 120 valence electrons. The molecule has 2 aromatic rings. The van der Waals surface area contributed by atoms with Crippen molar-refractivity contribution in [3.05, 3.63) is 57.0 Å². The quantitative estimate of drug-likeness (QED) is 0.919. The summed E-state index contributed by atoms with van der Waals surface area (Å²) in [5.74, 6) is -0.654. The lowest BCUT2D eigenvalue weighted by Gasteiger charge is -2.17. The molecule has 7 heteroatoms. The van der Waals surface area contributed by atoms with E-state index in [2.05, 4.69) is 5.32 Å². The average molecular weight is 353 g/mol. The zero-order valence-electron chi connectivity index (χ0n) is 12.1. The van der Waals surface area contributed by atoms with Crippen LogP contribution in [0.3, 0.4) is 0 Å². The third kappa shape index (κ3) is 3.71. The normalized spacial score (nSPS) is 17.6. The van der Waals surface area contributed by atoms with Crippen LogP contribution in [0.1, 0.15) is 21.7 Å². The molecule has 0 aliphatic carbocycles. The number of amides is 2. The summed E-state index contributed by atoms with van der Waals surface area (Å²) >= 11 is 7.20. The van der Waals surface area contributed by atoms with Crippen molar-refractivity contribution in [2.24, 2.45) is 0 Å². The van der Waals surface area contributed by atoms with Gasteiger partial charge in [-0.25, -0.2) is 4.39 Å². The maximum Gasteiger partial charge on any atom is 0.263 e. The van der Waals surface area contributed by atoms with E-state index in [9.17, 15) is 14.0 Å². The zero-order valence-corrected chi connectivity index (χ0v) is 13.7. The Balaban J connectivity index is 1.61. The van der Waals surface area contributed by atoms with Gasteiger partial charge in [0.2, 0.25) is 5.91 Å². The first-order valence-electron chi connectivity index (χ1n) is 7.09. The van der Waals surface area contributed by atoms with Crippen LogP contribution in [0.15, 0.2) is 35.7 Å². The maximum absolute atomic E-state index is 13.2. The van der Waals surface area contributed by atoms with Gasteiger partial charge in [-0.05, 0) is 29.1 Å². The highest BCUT2D eigenvalue weighted by molar-refractivity contribution is 7.12. The number of rotatable bonds is 4. The van der Waals surface area contributed by atoms with Gasteiger partial charge in [0.25, 0.3) is 5.91 Å². The van der Waals surface area contributed by atoms with Crippen LogP contribution in [-0.4, -0.2) is 29.3 Å². The zero-order chi connectivity index (χ0) is 16.4. The maximum atomic E-state index is 13.2. The lowest BCUT2D eigenvalue weighted by molar-refractivity contribution is -0.128. The van der Waals surface area contributed by atoms with Crippen LogP contribution < -0.4 is 5.32 Å². The fourth-order valence-corrected chi connectivity index (χ4v) is 3.63. The smallest absolute Gasteiger partial charge is 0.263 e. The number of nitrogens with one attached hydrogen (secondary N) is 1. The van der Waals surface area contributed by atoms with E-state index in [1.165, 1.54) is 23.5 Å². The van der Waals surface area contributed by atoms with Gasteiger partial charge in [-0.3, -0.25) is 9.59 Å². The topological polar surface area (TPSA) is 49.4 Å². The highest BCUT2D eigenvalue weighted by Crippen LogP contribution is 2.23. The summed E-state index contributed by atoms with van der Waals surface area (Å²) in [5.41, 5.74) is 0.728. The Morgan fingerprint density at radius 3 is 2.96 bits per heavy atom. The van der Waals surface area contributed by atoms with Crippen LogP contribution >= 0.6 is 22.9 Å². The first-order chi connectivity index (χ1) is 11.0. The molecule has 1 atom stereocenters. The molecule has 1 aromatic heterocycles. The molecule has 4 nitrogen and oxygen atoms in total. The van der Waals surface area contributed by atoms with Crippen LogP contribution in [0.2, 0.25) is 5.02 Å². The SMILES string of the molecule is O=C(NC1CC(=O)N(Cc2cccc(F)c2)C1)c1sccc1Cl. The lowest BCUT2D eigenvalue weighted by atomic mass is 10.2. The molecule has 2 heterocycles. The highest BCUT2D eigenvalue weighted by atomic mass is 35.5. The summed E-state index contributed by atoms with van der Waals surface area (Å²) in [6.07, 6.45) is 0.240. The molecular formula is C16H14ClFN2O2S. The number of halogens is 2. The second-order valence-electron chi connectivity index (χ2n) is 5.38. The van der Waals surface area contributed by atoms with Crippen molar-refractivity contribution in [1.29, 1.82) is 0 Å². The van der Waals surface area contributed by atoms with E-state index in [1.54, 1.807) is 28.5 Å². The predicted molar refractivity (Wildman–Crippen MR) is 87.0 cm³/mol. The van der Waals surface area contributed by atoms with Crippen molar-refractivity contribution in [3.8, 4) is 0 Å². The van der Waals surface area contributed by atoms with Crippen LogP contribution in [0.5, 0.6) is 0 Å².